The first-order valence-corrected chi connectivity index (χ1v) is 6.36. The number of nitro groups is 1. The number of non-ortho nitro benzene ring substituents is 1. The van der Waals surface area contributed by atoms with E-state index in [0.717, 1.165) is 4.68 Å². The zero-order chi connectivity index (χ0) is 16.3. The van der Waals surface area contributed by atoms with Gasteiger partial charge in [0.1, 0.15) is 11.6 Å². The summed E-state index contributed by atoms with van der Waals surface area (Å²) in [7, 11) is 0. The van der Waals surface area contributed by atoms with Crippen LogP contribution in [0.4, 0.5) is 5.69 Å². The van der Waals surface area contributed by atoms with Gasteiger partial charge < -0.3 is 0 Å². The van der Waals surface area contributed by atoms with E-state index in [0.29, 0.717) is 17.0 Å². The van der Waals surface area contributed by atoms with Gasteiger partial charge in [-0.25, -0.2) is 4.68 Å². The molecule has 0 saturated heterocycles. The van der Waals surface area contributed by atoms with E-state index >= 15 is 0 Å². The summed E-state index contributed by atoms with van der Waals surface area (Å²) in [6.45, 7) is 3.47. The number of hydrogen-bond donors (Lipinski definition) is 0. The quantitative estimate of drug-likeness (QED) is 0.375. The molecule has 0 unspecified atom stereocenters. The number of benzene rings is 1. The first kappa shape index (κ1) is 15.1. The van der Waals surface area contributed by atoms with Crippen molar-refractivity contribution >= 4 is 17.7 Å². The molecule has 7 nitrogen and oxygen atoms in total. The van der Waals surface area contributed by atoms with Gasteiger partial charge in [-0.05, 0) is 43.7 Å². The maximum atomic E-state index is 12.3. The molecule has 0 aliphatic rings. The minimum atomic E-state index is -0.536. The third-order valence-corrected chi connectivity index (χ3v) is 2.97. The second kappa shape index (κ2) is 6.01. The van der Waals surface area contributed by atoms with Crippen molar-refractivity contribution in [2.24, 2.45) is 0 Å². The van der Waals surface area contributed by atoms with Crippen molar-refractivity contribution in [1.82, 2.24) is 9.78 Å². The van der Waals surface area contributed by atoms with Crippen LogP contribution in [0, 0.1) is 35.3 Å². The Morgan fingerprint density at radius 2 is 2.00 bits per heavy atom. The van der Waals surface area contributed by atoms with E-state index in [1.54, 1.807) is 19.9 Å². The van der Waals surface area contributed by atoms with Gasteiger partial charge in [-0.1, -0.05) is 0 Å². The number of aryl methyl sites for hydroxylation is 2. The minimum Gasteiger partial charge on any atom is -0.266 e. The van der Waals surface area contributed by atoms with Gasteiger partial charge in [-0.2, -0.15) is 10.4 Å². The lowest BCUT2D eigenvalue weighted by Gasteiger charge is -2.01. The van der Waals surface area contributed by atoms with Crippen molar-refractivity contribution in [1.29, 1.82) is 5.26 Å². The first-order chi connectivity index (χ1) is 10.4. The number of carbonyl (C=O) groups is 1. The standard InChI is InChI=1S/C15H12N4O3/c1-10-7-11(2)18(17-10)15(20)13(9-16)8-12-3-5-14(6-4-12)19(21)22/h3-8H,1-2H3/b13-8+. The molecule has 0 atom stereocenters. The number of nitro benzene ring substituents is 1. The Morgan fingerprint density at radius 1 is 1.36 bits per heavy atom. The Labute approximate surface area is 126 Å². The molecule has 0 amide bonds. The van der Waals surface area contributed by atoms with Crippen molar-refractivity contribution < 1.29 is 9.72 Å². The topological polar surface area (TPSA) is 102 Å². The molecule has 0 N–H and O–H groups in total. The van der Waals surface area contributed by atoms with E-state index in [4.69, 9.17) is 0 Å². The Bertz CT molecular complexity index is 810. The molecule has 0 aliphatic carbocycles. The van der Waals surface area contributed by atoms with Crippen LogP contribution in [0.5, 0.6) is 0 Å². The van der Waals surface area contributed by atoms with Crippen LogP contribution in [0.3, 0.4) is 0 Å². The molecule has 7 heteroatoms. The van der Waals surface area contributed by atoms with E-state index in [9.17, 15) is 20.2 Å². The lowest BCUT2D eigenvalue weighted by atomic mass is 10.1. The van der Waals surface area contributed by atoms with Gasteiger partial charge in [0.25, 0.3) is 11.6 Å². The molecule has 0 radical (unpaired) electrons. The summed E-state index contributed by atoms with van der Waals surface area (Å²) in [5.41, 5.74) is 1.68. The predicted octanol–water partition coefficient (Wildman–Crippen LogP) is 2.66. The fourth-order valence-corrected chi connectivity index (χ4v) is 1.95. The van der Waals surface area contributed by atoms with E-state index in [-0.39, 0.29) is 11.3 Å². The highest BCUT2D eigenvalue weighted by Crippen LogP contribution is 2.15. The number of allylic oxidation sites excluding steroid dienone is 1. The zero-order valence-electron chi connectivity index (χ0n) is 12.0. The summed E-state index contributed by atoms with van der Waals surface area (Å²) < 4.78 is 1.16. The fourth-order valence-electron chi connectivity index (χ4n) is 1.95. The van der Waals surface area contributed by atoms with Crippen LogP contribution in [0.1, 0.15) is 21.7 Å². The molecule has 2 aromatic rings. The zero-order valence-corrected chi connectivity index (χ0v) is 12.0. The van der Waals surface area contributed by atoms with E-state index in [1.165, 1.54) is 30.3 Å². The molecule has 0 bridgehead atoms. The number of carbonyl (C=O) groups excluding carboxylic acids is 1. The number of nitrogens with zero attached hydrogens (tertiary/aromatic N) is 4. The minimum absolute atomic E-state index is 0.0551. The smallest absolute Gasteiger partial charge is 0.266 e. The number of nitriles is 1. The molecule has 1 aromatic heterocycles. The Hall–Kier alpha value is -3.27. The molecule has 2 rings (SSSR count). The molecule has 0 aliphatic heterocycles. The van der Waals surface area contributed by atoms with Crippen LogP contribution >= 0.6 is 0 Å². The highest BCUT2D eigenvalue weighted by atomic mass is 16.6. The Kier molecular flexibility index (Phi) is 4.13. The molecule has 0 spiro atoms. The van der Waals surface area contributed by atoms with Gasteiger partial charge in [0.15, 0.2) is 0 Å². The van der Waals surface area contributed by atoms with Crippen molar-refractivity contribution in [2.45, 2.75) is 13.8 Å². The lowest BCUT2D eigenvalue weighted by Crippen LogP contribution is -2.15. The van der Waals surface area contributed by atoms with Gasteiger partial charge in [-0.3, -0.25) is 14.9 Å². The Balaban J connectivity index is 2.35. The highest BCUT2D eigenvalue weighted by Gasteiger charge is 2.15. The largest absolute Gasteiger partial charge is 0.289 e. The third kappa shape index (κ3) is 3.07. The van der Waals surface area contributed by atoms with Crippen molar-refractivity contribution in [2.75, 3.05) is 0 Å². The van der Waals surface area contributed by atoms with E-state index < -0.39 is 10.8 Å². The summed E-state index contributed by atoms with van der Waals surface area (Å²) in [4.78, 5) is 22.4. The Morgan fingerprint density at radius 3 is 2.45 bits per heavy atom. The monoisotopic (exact) mass is 296 g/mol. The van der Waals surface area contributed by atoms with Crippen LogP contribution in [-0.2, 0) is 0 Å². The number of hydrogen-bond acceptors (Lipinski definition) is 5. The normalized spacial score (nSPS) is 11.0. The summed E-state index contributed by atoms with van der Waals surface area (Å²) in [6, 6.07) is 9.15. The molecular weight excluding hydrogens is 284 g/mol. The lowest BCUT2D eigenvalue weighted by molar-refractivity contribution is -0.384. The van der Waals surface area contributed by atoms with Crippen LogP contribution in [0.25, 0.3) is 6.08 Å². The average Bonchev–Trinajstić information content (AvgIpc) is 2.83. The van der Waals surface area contributed by atoms with Crippen LogP contribution < -0.4 is 0 Å². The van der Waals surface area contributed by atoms with Crippen molar-refractivity contribution in [3.05, 3.63) is 63.0 Å². The summed E-state index contributed by atoms with van der Waals surface area (Å²) in [5.74, 6) is -0.536. The van der Waals surface area contributed by atoms with Gasteiger partial charge in [-0.15, -0.1) is 0 Å². The van der Waals surface area contributed by atoms with Gasteiger partial charge in [0.2, 0.25) is 0 Å². The van der Waals surface area contributed by atoms with Crippen LogP contribution in [0.15, 0.2) is 35.9 Å². The van der Waals surface area contributed by atoms with E-state index in [1.807, 2.05) is 6.07 Å². The maximum Gasteiger partial charge on any atom is 0.289 e. The molecule has 1 aromatic carbocycles. The number of aromatic nitrogens is 2. The molecular formula is C15H12N4O3. The molecule has 1 heterocycles. The van der Waals surface area contributed by atoms with Crippen molar-refractivity contribution in [3.8, 4) is 6.07 Å². The third-order valence-electron chi connectivity index (χ3n) is 2.97. The van der Waals surface area contributed by atoms with Crippen LogP contribution in [0.2, 0.25) is 0 Å². The second-order valence-corrected chi connectivity index (χ2v) is 4.66. The average molecular weight is 296 g/mol. The summed E-state index contributed by atoms with van der Waals surface area (Å²) >= 11 is 0. The van der Waals surface area contributed by atoms with Crippen LogP contribution in [-0.4, -0.2) is 20.6 Å². The van der Waals surface area contributed by atoms with Crippen molar-refractivity contribution in [3.63, 3.8) is 0 Å². The molecule has 110 valence electrons. The van der Waals surface area contributed by atoms with E-state index in [2.05, 4.69) is 5.10 Å². The fraction of sp³-hybridized carbons (Fsp3) is 0.133. The first-order valence-electron chi connectivity index (χ1n) is 6.36. The SMILES string of the molecule is Cc1cc(C)n(C(=O)/C(C#N)=C/c2ccc([N+](=O)[O-])cc2)n1. The maximum absolute atomic E-state index is 12.3. The van der Waals surface area contributed by atoms with Gasteiger partial charge in [0.05, 0.1) is 10.6 Å². The van der Waals surface area contributed by atoms with Gasteiger partial charge in [0, 0.05) is 17.8 Å². The highest BCUT2D eigenvalue weighted by molar-refractivity contribution is 6.03. The molecule has 22 heavy (non-hydrogen) atoms. The summed E-state index contributed by atoms with van der Waals surface area (Å²) in [5, 5.41) is 23.8. The second-order valence-electron chi connectivity index (χ2n) is 4.66. The predicted molar refractivity (Wildman–Crippen MR) is 79.0 cm³/mol. The molecule has 0 fully saturated rings. The number of rotatable bonds is 3. The summed E-state index contributed by atoms with van der Waals surface area (Å²) in [6.07, 6.45) is 1.38. The molecule has 0 saturated carbocycles. The van der Waals surface area contributed by atoms with Gasteiger partial charge >= 0.3 is 0 Å².